The molecule has 0 unspecified atom stereocenters. The predicted molar refractivity (Wildman–Crippen MR) is 74.9 cm³/mol. The first-order chi connectivity index (χ1) is 9.56. The van der Waals surface area contributed by atoms with E-state index in [4.69, 9.17) is 20.3 Å². The lowest BCUT2D eigenvalue weighted by Gasteiger charge is -2.25. The molecule has 8 N–H and O–H groups in total. The van der Waals surface area contributed by atoms with Crippen LogP contribution in [0.1, 0.15) is 18.9 Å². The van der Waals surface area contributed by atoms with Crippen molar-refractivity contribution in [1.29, 1.82) is 0 Å². The molecule has 1 aromatic rings. The number of nitrogens with one attached hydrogen (secondary N) is 1. The van der Waals surface area contributed by atoms with Gasteiger partial charge in [0.05, 0.1) is 12.2 Å². The number of aromatic nitrogens is 2. The van der Waals surface area contributed by atoms with E-state index in [1.54, 1.807) is 13.8 Å². The molecule has 2 rings (SSSR count). The number of aliphatic hydroxyl groups is 1. The Morgan fingerprint density at radius 1 is 1.52 bits per heavy atom. The lowest BCUT2D eigenvalue weighted by atomic mass is 10.1. The molecule has 21 heavy (non-hydrogen) atoms. The molecule has 11 heteroatoms. The first-order valence-electron chi connectivity index (χ1n) is 5.97. The highest BCUT2D eigenvalue weighted by Crippen LogP contribution is 2.29. The van der Waals surface area contributed by atoms with Crippen molar-refractivity contribution in [2.75, 3.05) is 0 Å². The van der Waals surface area contributed by atoms with Gasteiger partial charge in [-0.15, -0.1) is 0 Å². The van der Waals surface area contributed by atoms with Gasteiger partial charge in [0.2, 0.25) is 14.4 Å². The Labute approximate surface area is 120 Å². The van der Waals surface area contributed by atoms with Crippen molar-refractivity contribution in [3.63, 3.8) is 0 Å². The first-order valence-corrected chi connectivity index (χ1v) is 7.29. The van der Waals surface area contributed by atoms with Crippen molar-refractivity contribution in [3.05, 3.63) is 32.6 Å². The minimum atomic E-state index is -2.12. The number of aryl methyl sites for hydroxylation is 1. The Bertz CT molecular complexity index is 587. The quantitative estimate of drug-likeness (QED) is 0.314. The monoisotopic (exact) mass is 322 g/mol. The van der Waals surface area contributed by atoms with Gasteiger partial charge < -0.3 is 19.6 Å². The van der Waals surface area contributed by atoms with Gasteiger partial charge in [-0.2, -0.15) is 0 Å². The first kappa shape index (κ1) is 17.9. The Kier molecular flexibility index (Phi) is 5.76. The summed E-state index contributed by atoms with van der Waals surface area (Å²) in [5, 5.41) is 9.62. The highest BCUT2D eigenvalue weighted by Gasteiger charge is 2.43. The highest BCUT2D eigenvalue weighted by molar-refractivity contribution is 7.42. The molecule has 10 nitrogen and oxygen atoms in total. The Balaban J connectivity index is 0.000000491. The fourth-order valence-corrected chi connectivity index (χ4v) is 1.92. The van der Waals surface area contributed by atoms with Gasteiger partial charge in [-0.25, -0.2) is 4.79 Å². The SMILES string of the molecule is Cc1cn([C@@]2(N)C[C@H](O)[C@@H](C)O2)c(=O)[nH]c1=O.NP(O)O. The molecule has 1 aromatic heterocycles. The molecule has 2 heterocycles. The Morgan fingerprint density at radius 3 is 2.48 bits per heavy atom. The van der Waals surface area contributed by atoms with Gasteiger partial charge in [0, 0.05) is 18.2 Å². The van der Waals surface area contributed by atoms with E-state index < -0.39 is 37.8 Å². The number of rotatable bonds is 1. The average molecular weight is 322 g/mol. The maximum Gasteiger partial charge on any atom is 0.331 e. The van der Waals surface area contributed by atoms with Crippen LogP contribution in [0, 0.1) is 6.92 Å². The molecule has 0 amide bonds. The summed E-state index contributed by atoms with van der Waals surface area (Å²) >= 11 is 0. The summed E-state index contributed by atoms with van der Waals surface area (Å²) in [6.45, 7) is 3.23. The van der Waals surface area contributed by atoms with Gasteiger partial charge in [0.25, 0.3) is 5.56 Å². The fourth-order valence-electron chi connectivity index (χ4n) is 1.92. The van der Waals surface area contributed by atoms with Gasteiger partial charge in [-0.3, -0.25) is 25.6 Å². The van der Waals surface area contributed by atoms with Crippen LogP contribution >= 0.6 is 8.53 Å². The molecule has 1 saturated heterocycles. The summed E-state index contributed by atoms with van der Waals surface area (Å²) in [7, 11) is -2.12. The average Bonchev–Trinajstić information content (AvgIpc) is 2.58. The van der Waals surface area contributed by atoms with Crippen LogP contribution in [0.2, 0.25) is 0 Å². The normalized spacial score (nSPS) is 28.4. The van der Waals surface area contributed by atoms with Crippen LogP contribution in [0.5, 0.6) is 0 Å². The third-order valence-electron chi connectivity index (χ3n) is 2.96. The summed E-state index contributed by atoms with van der Waals surface area (Å²) < 4.78 is 6.50. The molecule has 0 aromatic carbocycles. The summed E-state index contributed by atoms with van der Waals surface area (Å²) in [6, 6.07) is 0. The fraction of sp³-hybridized carbons (Fsp3) is 0.600. The topological polar surface area (TPSA) is 177 Å². The molecule has 0 bridgehead atoms. The van der Waals surface area contributed by atoms with Gasteiger partial charge >= 0.3 is 5.69 Å². The molecule has 0 aliphatic carbocycles. The molecular weight excluding hydrogens is 303 g/mol. The van der Waals surface area contributed by atoms with Crippen molar-refractivity contribution in [2.24, 2.45) is 11.2 Å². The second-order valence-corrected chi connectivity index (χ2v) is 5.34. The second kappa shape index (κ2) is 6.75. The number of aromatic amines is 1. The Morgan fingerprint density at radius 2 is 2.05 bits per heavy atom. The van der Waals surface area contributed by atoms with Crippen molar-refractivity contribution < 1.29 is 19.6 Å². The van der Waals surface area contributed by atoms with E-state index in [0.29, 0.717) is 5.56 Å². The van der Waals surface area contributed by atoms with Crippen LogP contribution in [0.3, 0.4) is 0 Å². The van der Waals surface area contributed by atoms with Crippen LogP contribution < -0.4 is 22.5 Å². The third kappa shape index (κ3) is 4.42. The van der Waals surface area contributed by atoms with E-state index in [0.717, 1.165) is 4.57 Å². The zero-order valence-electron chi connectivity index (χ0n) is 11.6. The lowest BCUT2D eigenvalue weighted by Crippen LogP contribution is -2.50. The summed E-state index contributed by atoms with van der Waals surface area (Å²) in [5.74, 6) is -1.41. The molecule has 1 aliphatic rings. The highest BCUT2D eigenvalue weighted by atomic mass is 31.2. The molecule has 3 atom stereocenters. The largest absolute Gasteiger partial charge is 0.390 e. The summed E-state index contributed by atoms with van der Waals surface area (Å²) in [5.41, 5.74) is 9.47. The molecule has 1 aliphatic heterocycles. The molecule has 120 valence electrons. The van der Waals surface area contributed by atoms with Crippen molar-refractivity contribution in [3.8, 4) is 0 Å². The van der Waals surface area contributed by atoms with Gasteiger partial charge in [0.15, 0.2) is 0 Å². The van der Waals surface area contributed by atoms with E-state index in [1.165, 1.54) is 6.20 Å². The molecule has 1 fully saturated rings. The van der Waals surface area contributed by atoms with Crippen molar-refractivity contribution in [1.82, 2.24) is 9.55 Å². The van der Waals surface area contributed by atoms with Crippen LogP contribution in [-0.2, 0) is 10.6 Å². The number of ether oxygens (including phenoxy) is 1. The number of hydrogen-bond donors (Lipinski definition) is 6. The van der Waals surface area contributed by atoms with Crippen LogP contribution in [0.15, 0.2) is 15.8 Å². The molecule has 0 saturated carbocycles. The second-order valence-electron chi connectivity index (χ2n) is 4.70. The summed E-state index contributed by atoms with van der Waals surface area (Å²) in [6.07, 6.45) is 0.240. The number of aliphatic hydroxyl groups excluding tert-OH is 1. The number of nitrogens with zero attached hydrogens (tertiary/aromatic N) is 1. The minimum Gasteiger partial charge on any atom is -0.390 e. The smallest absolute Gasteiger partial charge is 0.331 e. The maximum absolute atomic E-state index is 11.7. The van der Waals surface area contributed by atoms with Crippen LogP contribution in [-0.4, -0.2) is 36.7 Å². The van der Waals surface area contributed by atoms with E-state index in [-0.39, 0.29) is 6.42 Å². The molecular formula is C10H19N4O6P. The van der Waals surface area contributed by atoms with E-state index in [9.17, 15) is 14.7 Å². The predicted octanol–water partition coefficient (Wildman–Crippen LogP) is -2.26. The van der Waals surface area contributed by atoms with E-state index in [1.807, 2.05) is 0 Å². The zero-order chi connectivity index (χ0) is 16.4. The summed E-state index contributed by atoms with van der Waals surface area (Å²) in [4.78, 5) is 40.0. The third-order valence-corrected chi connectivity index (χ3v) is 2.96. The standard InChI is InChI=1S/C10H15N3O4.H4NO2P/c1-5-4-13(9(16)12-8(5)15)10(11)3-7(14)6(2)17-10;1-4(2)3/h4,6-7,14H,3,11H2,1-2H3,(H,12,15,16);2-3H,1H2/t6-,7+,10+;/m1./s1. The number of nitrogens with two attached hydrogens (primary N) is 2. The van der Waals surface area contributed by atoms with Crippen LogP contribution in [0.25, 0.3) is 0 Å². The minimum absolute atomic E-state index is 0.0968. The lowest BCUT2D eigenvalue weighted by molar-refractivity contribution is -0.0958. The maximum atomic E-state index is 11.7. The van der Waals surface area contributed by atoms with Crippen molar-refractivity contribution >= 4 is 8.53 Å². The Hall–Kier alpha value is -1.13. The van der Waals surface area contributed by atoms with E-state index >= 15 is 0 Å². The van der Waals surface area contributed by atoms with E-state index in [2.05, 4.69) is 10.5 Å². The van der Waals surface area contributed by atoms with Gasteiger partial charge in [0.1, 0.15) is 0 Å². The van der Waals surface area contributed by atoms with Crippen LogP contribution in [0.4, 0.5) is 0 Å². The number of H-pyrrole nitrogens is 1. The molecule has 0 spiro atoms. The zero-order valence-corrected chi connectivity index (χ0v) is 12.4. The van der Waals surface area contributed by atoms with Gasteiger partial charge in [-0.05, 0) is 13.8 Å². The molecule has 0 radical (unpaired) electrons. The number of hydrogen-bond acceptors (Lipinski definition) is 8. The van der Waals surface area contributed by atoms with Gasteiger partial charge in [-0.1, -0.05) is 0 Å². The van der Waals surface area contributed by atoms with Crippen molar-refractivity contribution in [2.45, 2.75) is 38.3 Å².